The number of anilines is 1. The molecule has 0 heterocycles. The van der Waals surface area contributed by atoms with E-state index in [0.717, 1.165) is 0 Å². The van der Waals surface area contributed by atoms with Crippen LogP contribution in [0.1, 0.15) is 24.0 Å². The van der Waals surface area contributed by atoms with Crippen molar-refractivity contribution in [2.45, 2.75) is 25.7 Å². The van der Waals surface area contributed by atoms with Gasteiger partial charge in [-0.15, -0.1) is 0 Å². The van der Waals surface area contributed by atoms with Gasteiger partial charge in [0, 0.05) is 12.7 Å². The third-order valence-electron chi connectivity index (χ3n) is 3.05. The van der Waals surface area contributed by atoms with E-state index in [4.69, 9.17) is 5.73 Å². The van der Waals surface area contributed by atoms with E-state index in [1.165, 1.54) is 42.5 Å². The Bertz CT molecular complexity index is 320. The van der Waals surface area contributed by atoms with Crippen LogP contribution in [-0.2, 0) is 12.8 Å². The Kier molecular flexibility index (Phi) is 2.73. The van der Waals surface area contributed by atoms with Crippen LogP contribution in [0.2, 0.25) is 0 Å². The second kappa shape index (κ2) is 4.01. The predicted molar refractivity (Wildman–Crippen MR) is 60.5 cm³/mol. The van der Waals surface area contributed by atoms with Crippen molar-refractivity contribution < 1.29 is 0 Å². The van der Waals surface area contributed by atoms with E-state index in [-0.39, 0.29) is 0 Å². The van der Waals surface area contributed by atoms with Crippen LogP contribution in [-0.4, -0.2) is 13.7 Å². The summed E-state index contributed by atoms with van der Waals surface area (Å²) in [5.41, 5.74) is 9.90. The van der Waals surface area contributed by atoms with E-state index in [1.807, 2.05) is 7.05 Å². The van der Waals surface area contributed by atoms with Crippen LogP contribution < -0.4 is 10.6 Å². The number of fused-ring (bicyclic) bond motifs is 1. The van der Waals surface area contributed by atoms with Crippen molar-refractivity contribution >= 4 is 5.69 Å². The summed E-state index contributed by atoms with van der Waals surface area (Å²) >= 11 is 0. The van der Waals surface area contributed by atoms with Gasteiger partial charge >= 0.3 is 0 Å². The van der Waals surface area contributed by atoms with Crippen molar-refractivity contribution in [2.75, 3.05) is 18.6 Å². The summed E-state index contributed by atoms with van der Waals surface area (Å²) < 4.78 is 0. The van der Waals surface area contributed by atoms with Crippen molar-refractivity contribution in [2.24, 2.45) is 5.73 Å². The summed E-state index contributed by atoms with van der Waals surface area (Å²) in [4.78, 5) is 2.08. The fraction of sp³-hybridized carbons (Fsp3) is 0.500. The molecule has 0 saturated heterocycles. The normalized spacial score (nSPS) is 15.0. The molecule has 0 radical (unpaired) electrons. The maximum atomic E-state index is 5.61. The van der Waals surface area contributed by atoms with Crippen LogP contribution in [0.5, 0.6) is 0 Å². The molecule has 0 amide bonds. The van der Waals surface area contributed by atoms with Gasteiger partial charge in [-0.1, -0.05) is 6.07 Å². The van der Waals surface area contributed by atoms with Crippen LogP contribution in [0.3, 0.4) is 0 Å². The Balaban J connectivity index is 2.29. The summed E-state index contributed by atoms with van der Waals surface area (Å²) in [6.45, 7) is 0.582. The number of hydrogen-bond donors (Lipinski definition) is 1. The number of hydrogen-bond acceptors (Lipinski definition) is 2. The molecule has 0 spiro atoms. The Labute approximate surface area is 85.7 Å². The molecule has 1 aromatic carbocycles. The molecule has 14 heavy (non-hydrogen) atoms. The van der Waals surface area contributed by atoms with Gasteiger partial charge in [0.1, 0.15) is 0 Å². The maximum absolute atomic E-state index is 5.61. The highest BCUT2D eigenvalue weighted by Gasteiger charge is 2.10. The van der Waals surface area contributed by atoms with Crippen LogP contribution in [0.25, 0.3) is 0 Å². The predicted octanol–water partition coefficient (Wildman–Crippen LogP) is 1.92. The molecule has 2 heteroatoms. The van der Waals surface area contributed by atoms with Gasteiger partial charge in [0.05, 0.1) is 6.67 Å². The monoisotopic (exact) mass is 190 g/mol. The quantitative estimate of drug-likeness (QED) is 0.722. The standard InChI is InChI=1S/C12H18N2/c1-14(9-13)12-7-6-10-4-2-3-5-11(10)8-12/h6-8H,2-5,9,13H2,1H3. The van der Waals surface area contributed by atoms with Gasteiger partial charge in [-0.3, -0.25) is 0 Å². The molecule has 1 aliphatic rings. The second-order valence-electron chi connectivity index (χ2n) is 4.04. The van der Waals surface area contributed by atoms with E-state index >= 15 is 0 Å². The van der Waals surface area contributed by atoms with Gasteiger partial charge in [0.25, 0.3) is 0 Å². The van der Waals surface area contributed by atoms with Gasteiger partial charge < -0.3 is 10.6 Å². The van der Waals surface area contributed by atoms with Crippen molar-refractivity contribution in [3.05, 3.63) is 29.3 Å². The molecular weight excluding hydrogens is 172 g/mol. The molecule has 1 aromatic rings. The third-order valence-corrected chi connectivity index (χ3v) is 3.05. The van der Waals surface area contributed by atoms with Gasteiger partial charge in [-0.05, 0) is 48.9 Å². The molecule has 0 aromatic heterocycles. The molecule has 0 unspecified atom stereocenters. The Morgan fingerprint density at radius 2 is 1.93 bits per heavy atom. The van der Waals surface area contributed by atoms with E-state index in [9.17, 15) is 0 Å². The number of benzene rings is 1. The zero-order valence-corrected chi connectivity index (χ0v) is 8.79. The average molecular weight is 190 g/mol. The van der Waals surface area contributed by atoms with Crippen LogP contribution >= 0.6 is 0 Å². The summed E-state index contributed by atoms with van der Waals surface area (Å²) in [5.74, 6) is 0. The molecule has 0 aliphatic heterocycles. The third kappa shape index (κ3) is 1.75. The fourth-order valence-corrected chi connectivity index (χ4v) is 2.06. The Hall–Kier alpha value is -1.02. The van der Waals surface area contributed by atoms with Crippen LogP contribution in [0.4, 0.5) is 5.69 Å². The molecule has 0 bridgehead atoms. The molecule has 0 saturated carbocycles. The lowest BCUT2D eigenvalue weighted by atomic mass is 9.91. The van der Waals surface area contributed by atoms with Crippen molar-refractivity contribution in [3.8, 4) is 0 Å². The van der Waals surface area contributed by atoms with E-state index in [2.05, 4.69) is 23.1 Å². The zero-order chi connectivity index (χ0) is 9.97. The fourth-order valence-electron chi connectivity index (χ4n) is 2.06. The van der Waals surface area contributed by atoms with E-state index in [1.54, 1.807) is 0 Å². The molecule has 76 valence electrons. The van der Waals surface area contributed by atoms with Crippen molar-refractivity contribution in [3.63, 3.8) is 0 Å². The van der Waals surface area contributed by atoms with Crippen LogP contribution in [0.15, 0.2) is 18.2 Å². The largest absolute Gasteiger partial charge is 0.362 e. The number of aryl methyl sites for hydroxylation is 2. The molecule has 1 aliphatic carbocycles. The first-order valence-corrected chi connectivity index (χ1v) is 5.34. The zero-order valence-electron chi connectivity index (χ0n) is 8.79. The summed E-state index contributed by atoms with van der Waals surface area (Å²) in [6, 6.07) is 6.73. The summed E-state index contributed by atoms with van der Waals surface area (Å²) in [5, 5.41) is 0. The van der Waals surface area contributed by atoms with Gasteiger partial charge in [-0.25, -0.2) is 0 Å². The highest BCUT2D eigenvalue weighted by atomic mass is 15.1. The molecular formula is C12H18N2. The molecule has 2 N–H and O–H groups in total. The van der Waals surface area contributed by atoms with Gasteiger partial charge in [0.2, 0.25) is 0 Å². The molecule has 2 rings (SSSR count). The van der Waals surface area contributed by atoms with Gasteiger partial charge in [-0.2, -0.15) is 0 Å². The smallest absolute Gasteiger partial charge is 0.0653 e. The lowest BCUT2D eigenvalue weighted by Gasteiger charge is -2.21. The topological polar surface area (TPSA) is 29.3 Å². The molecule has 0 fully saturated rings. The molecule has 2 nitrogen and oxygen atoms in total. The number of rotatable bonds is 2. The number of nitrogens with zero attached hydrogens (tertiary/aromatic N) is 1. The highest BCUT2D eigenvalue weighted by Crippen LogP contribution is 2.25. The van der Waals surface area contributed by atoms with E-state index < -0.39 is 0 Å². The van der Waals surface area contributed by atoms with Gasteiger partial charge in [0.15, 0.2) is 0 Å². The van der Waals surface area contributed by atoms with E-state index in [0.29, 0.717) is 6.67 Å². The van der Waals surface area contributed by atoms with Crippen LogP contribution in [0, 0.1) is 0 Å². The molecule has 0 atom stereocenters. The minimum Gasteiger partial charge on any atom is -0.362 e. The van der Waals surface area contributed by atoms with Crippen molar-refractivity contribution in [1.29, 1.82) is 0 Å². The first-order chi connectivity index (χ1) is 6.81. The summed E-state index contributed by atoms with van der Waals surface area (Å²) in [7, 11) is 2.03. The first-order valence-electron chi connectivity index (χ1n) is 5.34. The lowest BCUT2D eigenvalue weighted by Crippen LogP contribution is -2.25. The average Bonchev–Trinajstić information content (AvgIpc) is 2.27. The highest BCUT2D eigenvalue weighted by molar-refractivity contribution is 5.51. The minimum absolute atomic E-state index is 0.582. The van der Waals surface area contributed by atoms with Crippen molar-refractivity contribution in [1.82, 2.24) is 0 Å². The Morgan fingerprint density at radius 3 is 2.64 bits per heavy atom. The Morgan fingerprint density at radius 1 is 1.21 bits per heavy atom. The maximum Gasteiger partial charge on any atom is 0.0653 e. The summed E-state index contributed by atoms with van der Waals surface area (Å²) in [6.07, 6.45) is 5.17. The minimum atomic E-state index is 0.582. The number of nitrogens with two attached hydrogens (primary N) is 1. The first kappa shape index (κ1) is 9.53. The lowest BCUT2D eigenvalue weighted by molar-refractivity contribution is 0.685. The SMILES string of the molecule is CN(CN)c1ccc2c(c1)CCCC2. The second-order valence-corrected chi connectivity index (χ2v) is 4.04.